The van der Waals surface area contributed by atoms with Crippen molar-refractivity contribution in [2.75, 3.05) is 13.6 Å². The average molecular weight is 273 g/mol. The third kappa shape index (κ3) is 3.99. The molecule has 2 rings (SSSR count). The van der Waals surface area contributed by atoms with Crippen molar-refractivity contribution in [2.24, 2.45) is 4.99 Å². The summed E-state index contributed by atoms with van der Waals surface area (Å²) < 4.78 is 0. The van der Waals surface area contributed by atoms with E-state index in [9.17, 15) is 0 Å². The lowest BCUT2D eigenvalue weighted by atomic mass is 9.85. The predicted octanol–water partition coefficient (Wildman–Crippen LogP) is 3.07. The van der Waals surface area contributed by atoms with Gasteiger partial charge in [-0.3, -0.25) is 4.99 Å². The second-order valence-electron chi connectivity index (χ2n) is 6.30. The summed E-state index contributed by atoms with van der Waals surface area (Å²) in [5.41, 5.74) is 1.44. The molecule has 0 aromatic heterocycles. The molecule has 20 heavy (non-hydrogen) atoms. The molecule has 0 unspecified atom stereocenters. The molecule has 1 fully saturated rings. The van der Waals surface area contributed by atoms with E-state index in [2.05, 4.69) is 59.8 Å². The first-order chi connectivity index (χ1) is 9.62. The minimum absolute atomic E-state index is 0.0918. The van der Waals surface area contributed by atoms with Gasteiger partial charge in [0.05, 0.1) is 0 Å². The maximum Gasteiger partial charge on any atom is 0.191 e. The van der Waals surface area contributed by atoms with Gasteiger partial charge in [0, 0.05) is 25.0 Å². The molecule has 0 heterocycles. The molecule has 1 saturated carbocycles. The molecule has 0 bridgehead atoms. The van der Waals surface area contributed by atoms with Crippen molar-refractivity contribution >= 4 is 5.96 Å². The van der Waals surface area contributed by atoms with Gasteiger partial charge in [0.2, 0.25) is 0 Å². The summed E-state index contributed by atoms with van der Waals surface area (Å²) >= 11 is 0. The zero-order chi connectivity index (χ0) is 14.4. The van der Waals surface area contributed by atoms with E-state index in [4.69, 9.17) is 0 Å². The number of benzene rings is 1. The Bertz CT molecular complexity index is 431. The zero-order valence-electron chi connectivity index (χ0n) is 12.9. The van der Waals surface area contributed by atoms with Crippen molar-refractivity contribution < 1.29 is 0 Å². The van der Waals surface area contributed by atoms with Crippen LogP contribution in [0.4, 0.5) is 0 Å². The molecule has 2 N–H and O–H groups in total. The van der Waals surface area contributed by atoms with Gasteiger partial charge in [0.25, 0.3) is 0 Å². The maximum absolute atomic E-state index is 4.34. The molecule has 1 aliphatic rings. The van der Waals surface area contributed by atoms with Gasteiger partial charge in [-0.05, 0) is 18.4 Å². The highest BCUT2D eigenvalue weighted by Crippen LogP contribution is 2.22. The summed E-state index contributed by atoms with van der Waals surface area (Å²) in [5.74, 6) is 0.931. The van der Waals surface area contributed by atoms with Gasteiger partial charge in [-0.2, -0.15) is 0 Å². The Morgan fingerprint density at radius 1 is 1.20 bits per heavy atom. The molecule has 0 amide bonds. The van der Waals surface area contributed by atoms with Gasteiger partial charge < -0.3 is 10.6 Å². The molecule has 0 atom stereocenters. The molecule has 3 heteroatoms. The summed E-state index contributed by atoms with van der Waals surface area (Å²) in [5, 5.41) is 7.00. The van der Waals surface area contributed by atoms with Crippen LogP contribution in [-0.4, -0.2) is 25.6 Å². The normalized spacial score (nSPS) is 17.2. The minimum Gasteiger partial charge on any atom is -0.356 e. The lowest BCUT2D eigenvalue weighted by Crippen LogP contribution is -2.46. The molecule has 0 aliphatic heterocycles. The molecule has 110 valence electrons. The maximum atomic E-state index is 4.34. The van der Waals surface area contributed by atoms with Crippen molar-refractivity contribution in [3.05, 3.63) is 35.9 Å². The van der Waals surface area contributed by atoms with Gasteiger partial charge in [-0.25, -0.2) is 0 Å². The topological polar surface area (TPSA) is 36.4 Å². The Labute approximate surface area is 122 Å². The number of nitrogens with zero attached hydrogens (tertiary/aromatic N) is 1. The van der Waals surface area contributed by atoms with E-state index in [1.807, 2.05) is 7.05 Å². The van der Waals surface area contributed by atoms with Gasteiger partial charge in [0.15, 0.2) is 5.96 Å². The third-order valence-electron chi connectivity index (χ3n) is 4.17. The largest absolute Gasteiger partial charge is 0.356 e. The second-order valence-corrected chi connectivity index (χ2v) is 6.30. The van der Waals surface area contributed by atoms with E-state index < -0.39 is 0 Å². The fraction of sp³-hybridized carbons (Fsp3) is 0.588. The fourth-order valence-electron chi connectivity index (χ4n) is 2.75. The van der Waals surface area contributed by atoms with Crippen LogP contribution in [0.3, 0.4) is 0 Å². The molecule has 3 nitrogen and oxygen atoms in total. The Hall–Kier alpha value is -1.51. The number of guanidine groups is 1. The van der Waals surface area contributed by atoms with Crippen LogP contribution in [0.25, 0.3) is 0 Å². The average Bonchev–Trinajstić information content (AvgIpc) is 2.97. The summed E-state index contributed by atoms with van der Waals surface area (Å²) in [6.07, 6.45) is 5.21. The van der Waals surface area contributed by atoms with E-state index in [-0.39, 0.29) is 5.41 Å². The summed E-state index contributed by atoms with van der Waals surface area (Å²) in [6, 6.07) is 11.2. The van der Waals surface area contributed by atoms with Crippen LogP contribution in [-0.2, 0) is 5.41 Å². The summed E-state index contributed by atoms with van der Waals surface area (Å²) in [6.45, 7) is 5.40. The van der Waals surface area contributed by atoms with Crippen LogP contribution in [0.1, 0.15) is 45.1 Å². The molecule has 1 aliphatic carbocycles. The Balaban J connectivity index is 1.89. The predicted molar refractivity (Wildman–Crippen MR) is 86.2 cm³/mol. The molecule has 0 spiro atoms. The Morgan fingerprint density at radius 2 is 1.85 bits per heavy atom. The fourth-order valence-corrected chi connectivity index (χ4v) is 2.75. The lowest BCUT2D eigenvalue weighted by molar-refractivity contribution is 0.503. The quantitative estimate of drug-likeness (QED) is 0.653. The smallest absolute Gasteiger partial charge is 0.191 e. The van der Waals surface area contributed by atoms with E-state index in [1.54, 1.807) is 0 Å². The Morgan fingerprint density at radius 3 is 2.45 bits per heavy atom. The van der Waals surface area contributed by atoms with E-state index in [0.29, 0.717) is 6.04 Å². The highest BCUT2D eigenvalue weighted by molar-refractivity contribution is 5.80. The second kappa shape index (κ2) is 6.78. The van der Waals surface area contributed by atoms with Crippen molar-refractivity contribution in [1.29, 1.82) is 0 Å². The first-order valence-electron chi connectivity index (χ1n) is 7.64. The molecule has 1 aromatic rings. The summed E-state index contributed by atoms with van der Waals surface area (Å²) in [4.78, 5) is 4.34. The number of hydrogen-bond donors (Lipinski definition) is 2. The standard InChI is InChI=1S/C17H27N3/c1-17(2,14-9-5-4-6-10-14)13-19-16(18-3)20-15-11-7-8-12-15/h4-6,9-10,15H,7-8,11-13H2,1-3H3,(H2,18,19,20). The van der Waals surface area contributed by atoms with Crippen molar-refractivity contribution in [1.82, 2.24) is 10.6 Å². The first kappa shape index (κ1) is 14.9. The highest BCUT2D eigenvalue weighted by Gasteiger charge is 2.21. The van der Waals surface area contributed by atoms with Gasteiger partial charge in [0.1, 0.15) is 0 Å². The molecule has 1 aromatic carbocycles. The van der Waals surface area contributed by atoms with Crippen molar-refractivity contribution in [2.45, 2.75) is 51.0 Å². The number of nitrogens with one attached hydrogen (secondary N) is 2. The first-order valence-corrected chi connectivity index (χ1v) is 7.64. The number of aliphatic imine (C=N–C) groups is 1. The van der Waals surface area contributed by atoms with Gasteiger partial charge >= 0.3 is 0 Å². The van der Waals surface area contributed by atoms with Crippen LogP contribution in [0.5, 0.6) is 0 Å². The van der Waals surface area contributed by atoms with Crippen LogP contribution in [0.2, 0.25) is 0 Å². The van der Waals surface area contributed by atoms with Crippen LogP contribution in [0.15, 0.2) is 35.3 Å². The zero-order valence-corrected chi connectivity index (χ0v) is 12.9. The monoisotopic (exact) mass is 273 g/mol. The van der Waals surface area contributed by atoms with E-state index >= 15 is 0 Å². The SMILES string of the molecule is CN=C(NCC(C)(C)c1ccccc1)NC1CCCC1. The summed E-state index contributed by atoms with van der Waals surface area (Å²) in [7, 11) is 1.85. The lowest BCUT2D eigenvalue weighted by Gasteiger charge is -2.27. The van der Waals surface area contributed by atoms with Gasteiger partial charge in [-0.1, -0.05) is 57.0 Å². The van der Waals surface area contributed by atoms with Crippen molar-refractivity contribution in [3.63, 3.8) is 0 Å². The molecule has 0 radical (unpaired) electrons. The van der Waals surface area contributed by atoms with Crippen molar-refractivity contribution in [3.8, 4) is 0 Å². The van der Waals surface area contributed by atoms with E-state index in [0.717, 1.165) is 12.5 Å². The minimum atomic E-state index is 0.0918. The van der Waals surface area contributed by atoms with Gasteiger partial charge in [-0.15, -0.1) is 0 Å². The van der Waals surface area contributed by atoms with Crippen LogP contribution in [0, 0.1) is 0 Å². The molecule has 0 saturated heterocycles. The van der Waals surface area contributed by atoms with Crippen LogP contribution < -0.4 is 10.6 Å². The molecular weight excluding hydrogens is 246 g/mol. The Kier molecular flexibility index (Phi) is 5.05. The molecular formula is C17H27N3. The highest BCUT2D eigenvalue weighted by atomic mass is 15.2. The third-order valence-corrected chi connectivity index (χ3v) is 4.17. The van der Waals surface area contributed by atoms with Crippen LogP contribution >= 0.6 is 0 Å². The van der Waals surface area contributed by atoms with E-state index in [1.165, 1.54) is 31.2 Å². The number of rotatable bonds is 4. The number of hydrogen-bond acceptors (Lipinski definition) is 1.